The second-order valence-corrected chi connectivity index (χ2v) is 10.1. The first-order valence-electron chi connectivity index (χ1n) is 12.8. The number of aryl methyl sites for hydroxylation is 1. The lowest BCUT2D eigenvalue weighted by molar-refractivity contribution is -0.217. The first kappa shape index (κ1) is 27.3. The van der Waals surface area contributed by atoms with Gasteiger partial charge in [-0.25, -0.2) is 13.5 Å². The van der Waals surface area contributed by atoms with Crippen molar-refractivity contribution in [1.82, 2.24) is 20.2 Å². The first-order chi connectivity index (χ1) is 18.7. The molecule has 13 heteroatoms. The van der Waals surface area contributed by atoms with Gasteiger partial charge in [-0.1, -0.05) is 22.9 Å². The molecule has 1 aliphatic carbocycles. The van der Waals surface area contributed by atoms with Crippen LogP contribution in [0, 0.1) is 18.6 Å². The van der Waals surface area contributed by atoms with Gasteiger partial charge in [0.15, 0.2) is 17.7 Å². The molecule has 1 saturated heterocycles. The van der Waals surface area contributed by atoms with E-state index in [0.29, 0.717) is 17.9 Å². The van der Waals surface area contributed by atoms with Crippen LogP contribution in [-0.4, -0.2) is 78.6 Å². The van der Waals surface area contributed by atoms with Crippen molar-refractivity contribution < 1.29 is 42.9 Å². The fraction of sp³-hybridized carbons (Fsp3) is 0.538. The predicted molar refractivity (Wildman–Crippen MR) is 129 cm³/mol. The molecule has 2 fully saturated rings. The molecule has 7 atom stereocenters. The molecule has 5 rings (SSSR count). The van der Waals surface area contributed by atoms with E-state index in [9.17, 15) is 28.9 Å². The number of nitrogens with zero attached hydrogens (tertiary/aromatic N) is 4. The number of rotatable bonds is 7. The molecule has 210 valence electrons. The van der Waals surface area contributed by atoms with Crippen LogP contribution >= 0.6 is 0 Å². The molecule has 1 aliphatic heterocycles. The fourth-order valence-electron chi connectivity index (χ4n) is 5.44. The highest BCUT2D eigenvalue weighted by Gasteiger charge is 2.49. The fourth-order valence-corrected chi connectivity index (χ4v) is 5.44. The van der Waals surface area contributed by atoms with E-state index in [1.807, 2.05) is 0 Å². The number of benzene rings is 1. The van der Waals surface area contributed by atoms with Crippen molar-refractivity contribution in [2.75, 3.05) is 6.61 Å². The quantitative estimate of drug-likeness (QED) is 0.374. The molecular formula is C26H30F2N4O7. The van der Waals surface area contributed by atoms with Crippen LogP contribution in [0.1, 0.15) is 55.2 Å². The van der Waals surface area contributed by atoms with Crippen molar-refractivity contribution in [3.63, 3.8) is 0 Å². The summed E-state index contributed by atoms with van der Waals surface area (Å²) >= 11 is 0. The van der Waals surface area contributed by atoms with Gasteiger partial charge in [-0.2, -0.15) is 0 Å². The van der Waals surface area contributed by atoms with Gasteiger partial charge in [-0.15, -0.1) is 5.10 Å². The van der Waals surface area contributed by atoms with Gasteiger partial charge >= 0.3 is 5.97 Å². The van der Waals surface area contributed by atoms with E-state index in [-0.39, 0.29) is 29.2 Å². The second kappa shape index (κ2) is 11.1. The number of ether oxygens (including phenoxy) is 2. The van der Waals surface area contributed by atoms with Crippen molar-refractivity contribution >= 4 is 5.97 Å². The van der Waals surface area contributed by atoms with Crippen molar-refractivity contribution in [3.8, 4) is 11.3 Å². The Labute approximate surface area is 222 Å². The molecule has 0 radical (unpaired) electrons. The van der Waals surface area contributed by atoms with Crippen LogP contribution in [0.4, 0.5) is 8.78 Å². The number of aliphatic hydroxyl groups is 3. The Morgan fingerprint density at radius 3 is 2.69 bits per heavy atom. The SMILES string of the molecule is CC(=O)OC1C(Cc2cc([C@@H]3CCC[C@@H]3O)on2)OC(CO)C(O)C1n1cc(-c2ccc(C)c(F)c2F)nn1. The summed E-state index contributed by atoms with van der Waals surface area (Å²) in [4.78, 5) is 12.1. The zero-order chi connectivity index (χ0) is 27.8. The van der Waals surface area contributed by atoms with Gasteiger partial charge in [0.25, 0.3) is 0 Å². The molecular weight excluding hydrogens is 518 g/mol. The molecule has 0 amide bonds. The third-order valence-corrected chi connectivity index (χ3v) is 7.46. The lowest BCUT2D eigenvalue weighted by Gasteiger charge is -2.43. The largest absolute Gasteiger partial charge is 0.457 e. The van der Waals surface area contributed by atoms with Crippen molar-refractivity contribution in [2.45, 2.75) is 82.0 Å². The maximum atomic E-state index is 14.6. The van der Waals surface area contributed by atoms with Crippen molar-refractivity contribution in [2.24, 2.45) is 0 Å². The third kappa shape index (κ3) is 5.31. The van der Waals surface area contributed by atoms with Crippen LogP contribution in [0.2, 0.25) is 0 Å². The Balaban J connectivity index is 1.46. The van der Waals surface area contributed by atoms with Crippen LogP contribution < -0.4 is 0 Å². The Kier molecular flexibility index (Phi) is 7.76. The number of hydrogen-bond acceptors (Lipinski definition) is 10. The maximum absolute atomic E-state index is 14.6. The van der Waals surface area contributed by atoms with E-state index in [4.69, 9.17) is 14.0 Å². The minimum Gasteiger partial charge on any atom is -0.457 e. The van der Waals surface area contributed by atoms with Gasteiger partial charge in [0.05, 0.1) is 24.6 Å². The number of carbonyl (C=O) groups excluding carboxylic acids is 1. The summed E-state index contributed by atoms with van der Waals surface area (Å²) in [5.74, 6) is -2.38. The van der Waals surface area contributed by atoms with Crippen LogP contribution in [-0.2, 0) is 20.7 Å². The van der Waals surface area contributed by atoms with Gasteiger partial charge < -0.3 is 29.3 Å². The topological polar surface area (TPSA) is 153 Å². The zero-order valence-electron chi connectivity index (χ0n) is 21.4. The van der Waals surface area contributed by atoms with E-state index in [1.165, 1.54) is 36.9 Å². The average molecular weight is 549 g/mol. The number of hydrogen-bond donors (Lipinski definition) is 3. The van der Waals surface area contributed by atoms with Gasteiger partial charge in [0.1, 0.15) is 35.8 Å². The highest BCUT2D eigenvalue weighted by molar-refractivity contribution is 5.66. The second-order valence-electron chi connectivity index (χ2n) is 10.1. The van der Waals surface area contributed by atoms with Crippen molar-refractivity contribution in [1.29, 1.82) is 0 Å². The van der Waals surface area contributed by atoms with E-state index in [2.05, 4.69) is 15.5 Å². The molecule has 3 heterocycles. The van der Waals surface area contributed by atoms with E-state index < -0.39 is 60.8 Å². The lowest BCUT2D eigenvalue weighted by Crippen LogP contribution is -2.57. The zero-order valence-corrected chi connectivity index (χ0v) is 21.4. The molecule has 2 aliphatic rings. The van der Waals surface area contributed by atoms with Gasteiger partial charge in [0.2, 0.25) is 0 Å². The van der Waals surface area contributed by atoms with Crippen LogP contribution in [0.5, 0.6) is 0 Å². The molecule has 3 aromatic rings. The standard InChI is InChI=1S/C26H30F2N4O7/c1-12-6-7-15(23(28)22(12)27)17-10-32(31-29-17)24-25(36)21(11-33)38-20(26(24)37-13(2)34)9-14-8-19(39-30-14)16-4-3-5-18(16)35/h6-8,10,16,18,20-21,24-26,33,35-36H,3-5,9,11H2,1-2H3/t16-,18+,20?,21?,24?,25?,26?/m1/s1. The summed E-state index contributed by atoms with van der Waals surface area (Å²) in [5.41, 5.74) is 0.467. The van der Waals surface area contributed by atoms with Gasteiger partial charge in [0, 0.05) is 30.9 Å². The van der Waals surface area contributed by atoms with E-state index >= 15 is 0 Å². The lowest BCUT2D eigenvalue weighted by atomic mass is 9.90. The average Bonchev–Trinajstić information content (AvgIpc) is 3.65. The Bertz CT molecular complexity index is 1330. The smallest absolute Gasteiger partial charge is 0.303 e. The van der Waals surface area contributed by atoms with Crippen molar-refractivity contribution in [3.05, 3.63) is 53.0 Å². The highest BCUT2D eigenvalue weighted by Crippen LogP contribution is 2.37. The van der Waals surface area contributed by atoms with E-state index in [1.54, 1.807) is 6.07 Å². The van der Waals surface area contributed by atoms with Gasteiger partial charge in [-0.05, 0) is 31.4 Å². The summed E-state index contributed by atoms with van der Waals surface area (Å²) in [6.45, 7) is 2.08. The highest BCUT2D eigenvalue weighted by atomic mass is 19.2. The number of aromatic nitrogens is 4. The molecule has 2 aromatic heterocycles. The normalized spacial score (nSPS) is 29.1. The Hall–Kier alpha value is -3.26. The summed E-state index contributed by atoms with van der Waals surface area (Å²) < 4.78 is 47.0. The number of carbonyl (C=O) groups is 1. The first-order valence-corrected chi connectivity index (χ1v) is 12.8. The minimum atomic E-state index is -1.40. The summed E-state index contributed by atoms with van der Waals surface area (Å²) in [6, 6.07) is 3.40. The summed E-state index contributed by atoms with van der Waals surface area (Å²) in [6.07, 6.45) is -1.30. The van der Waals surface area contributed by atoms with Crippen LogP contribution in [0.15, 0.2) is 28.9 Å². The monoisotopic (exact) mass is 548 g/mol. The Morgan fingerprint density at radius 2 is 2.00 bits per heavy atom. The minimum absolute atomic E-state index is 0.0000274. The molecule has 1 saturated carbocycles. The molecule has 11 nitrogen and oxygen atoms in total. The number of aliphatic hydroxyl groups excluding tert-OH is 3. The molecule has 1 aromatic carbocycles. The molecule has 0 bridgehead atoms. The Morgan fingerprint density at radius 1 is 1.21 bits per heavy atom. The molecule has 5 unspecified atom stereocenters. The maximum Gasteiger partial charge on any atom is 0.303 e. The number of esters is 1. The molecule has 0 spiro atoms. The number of halogens is 2. The summed E-state index contributed by atoms with van der Waals surface area (Å²) in [5, 5.41) is 43.3. The van der Waals surface area contributed by atoms with Gasteiger partial charge in [-0.3, -0.25) is 4.79 Å². The van der Waals surface area contributed by atoms with E-state index in [0.717, 1.165) is 12.8 Å². The van der Waals surface area contributed by atoms with Crippen LogP contribution in [0.25, 0.3) is 11.3 Å². The summed E-state index contributed by atoms with van der Waals surface area (Å²) in [7, 11) is 0. The third-order valence-electron chi connectivity index (χ3n) is 7.46. The molecule has 39 heavy (non-hydrogen) atoms. The predicted octanol–water partition coefficient (Wildman–Crippen LogP) is 1.98. The molecule has 3 N–H and O–H groups in total. The van der Waals surface area contributed by atoms with Crippen LogP contribution in [0.3, 0.4) is 0 Å².